The third-order valence-corrected chi connectivity index (χ3v) is 3.74. The third kappa shape index (κ3) is 3.04. The minimum absolute atomic E-state index is 0.0130. The molecule has 2 aromatic rings. The molecule has 0 aromatic carbocycles. The molecule has 2 heterocycles. The van der Waals surface area contributed by atoms with Crippen LogP contribution in [0.5, 0.6) is 0 Å². The lowest BCUT2D eigenvalue weighted by Crippen LogP contribution is -2.22. The number of nitrogens with zero attached hydrogens (tertiary/aromatic N) is 4. The quantitative estimate of drug-likeness (QED) is 0.879. The summed E-state index contributed by atoms with van der Waals surface area (Å²) in [6.07, 6.45) is 1.55. The molecule has 0 radical (unpaired) electrons. The van der Waals surface area contributed by atoms with Gasteiger partial charge >= 0.3 is 6.18 Å². The standard InChI is InChI=1S/C12H13ClF3N5/c13-11-19-9(17-5-12(14,15)16)8-10(20-11)21(6-18-8)7-3-1-2-4-7/h6-7H,1-5H2,(H,17,19,20). The van der Waals surface area contributed by atoms with Crippen molar-refractivity contribution in [3.8, 4) is 0 Å². The molecule has 0 spiro atoms. The van der Waals surface area contributed by atoms with Crippen molar-refractivity contribution >= 4 is 28.6 Å². The zero-order valence-electron chi connectivity index (χ0n) is 11.0. The van der Waals surface area contributed by atoms with E-state index in [-0.39, 0.29) is 17.1 Å². The molecule has 0 atom stereocenters. The number of imidazole rings is 1. The fraction of sp³-hybridized carbons (Fsp3) is 0.583. The first kappa shape index (κ1) is 14.4. The molecule has 0 amide bonds. The molecule has 1 N–H and O–H groups in total. The molecule has 2 aromatic heterocycles. The van der Waals surface area contributed by atoms with Crippen LogP contribution in [-0.4, -0.2) is 32.2 Å². The molecule has 3 rings (SSSR count). The van der Waals surface area contributed by atoms with Crippen LogP contribution in [0.15, 0.2) is 6.33 Å². The summed E-state index contributed by atoms with van der Waals surface area (Å²) in [7, 11) is 0. The maximum Gasteiger partial charge on any atom is 0.405 e. The highest BCUT2D eigenvalue weighted by atomic mass is 35.5. The van der Waals surface area contributed by atoms with Crippen LogP contribution >= 0.6 is 11.6 Å². The molecular weight excluding hydrogens is 307 g/mol. The largest absolute Gasteiger partial charge is 0.405 e. The normalized spacial score (nSPS) is 16.8. The highest BCUT2D eigenvalue weighted by Gasteiger charge is 2.28. The van der Waals surface area contributed by atoms with Gasteiger partial charge in [0.05, 0.1) is 6.33 Å². The number of hydrogen-bond donors (Lipinski definition) is 1. The van der Waals surface area contributed by atoms with Gasteiger partial charge in [0.25, 0.3) is 0 Å². The summed E-state index contributed by atoms with van der Waals surface area (Å²) in [6.45, 7) is -1.19. The minimum atomic E-state index is -4.34. The molecule has 1 aliphatic rings. The van der Waals surface area contributed by atoms with Crippen LogP contribution in [0.3, 0.4) is 0 Å². The molecular formula is C12H13ClF3N5. The lowest BCUT2D eigenvalue weighted by atomic mass is 10.2. The van der Waals surface area contributed by atoms with Gasteiger partial charge in [0.2, 0.25) is 5.28 Å². The first-order valence-electron chi connectivity index (χ1n) is 6.65. The van der Waals surface area contributed by atoms with Crippen molar-refractivity contribution in [2.75, 3.05) is 11.9 Å². The van der Waals surface area contributed by atoms with Crippen molar-refractivity contribution in [2.24, 2.45) is 0 Å². The Morgan fingerprint density at radius 3 is 2.67 bits per heavy atom. The summed E-state index contributed by atoms with van der Waals surface area (Å²) in [4.78, 5) is 12.1. The van der Waals surface area contributed by atoms with Crippen molar-refractivity contribution < 1.29 is 13.2 Å². The van der Waals surface area contributed by atoms with Gasteiger partial charge in [-0.3, -0.25) is 0 Å². The van der Waals surface area contributed by atoms with Crippen LogP contribution in [0.2, 0.25) is 5.28 Å². The van der Waals surface area contributed by atoms with Gasteiger partial charge in [0.15, 0.2) is 17.0 Å². The Morgan fingerprint density at radius 1 is 1.29 bits per heavy atom. The minimum Gasteiger partial charge on any atom is -0.359 e. The zero-order chi connectivity index (χ0) is 15.0. The van der Waals surface area contributed by atoms with E-state index in [1.807, 2.05) is 4.57 Å². The number of alkyl halides is 3. The fourth-order valence-corrected chi connectivity index (χ4v) is 2.81. The van der Waals surface area contributed by atoms with Crippen LogP contribution in [0, 0.1) is 0 Å². The average molecular weight is 320 g/mol. The summed E-state index contributed by atoms with van der Waals surface area (Å²) in [5, 5.41) is 2.15. The topological polar surface area (TPSA) is 55.6 Å². The predicted octanol–water partition coefficient (Wildman–Crippen LogP) is 3.57. The van der Waals surface area contributed by atoms with E-state index < -0.39 is 12.7 Å². The monoisotopic (exact) mass is 319 g/mol. The summed E-state index contributed by atoms with van der Waals surface area (Å²) >= 11 is 5.82. The van der Waals surface area contributed by atoms with Crippen LogP contribution in [0.25, 0.3) is 11.2 Å². The Bertz CT molecular complexity index is 648. The van der Waals surface area contributed by atoms with Gasteiger partial charge in [-0.15, -0.1) is 0 Å². The molecule has 0 unspecified atom stereocenters. The number of anilines is 1. The molecule has 0 aliphatic heterocycles. The Kier molecular flexibility index (Phi) is 3.64. The second-order valence-electron chi connectivity index (χ2n) is 5.07. The summed E-state index contributed by atoms with van der Waals surface area (Å²) in [5.74, 6) is 0.0130. The lowest BCUT2D eigenvalue weighted by Gasteiger charge is -2.12. The highest BCUT2D eigenvalue weighted by molar-refractivity contribution is 6.28. The Labute approximate surface area is 123 Å². The smallest absolute Gasteiger partial charge is 0.359 e. The van der Waals surface area contributed by atoms with Gasteiger partial charge in [-0.25, -0.2) is 4.98 Å². The molecule has 0 bridgehead atoms. The van der Waals surface area contributed by atoms with E-state index in [0.717, 1.165) is 25.7 Å². The molecule has 1 fully saturated rings. The van der Waals surface area contributed by atoms with Gasteiger partial charge < -0.3 is 9.88 Å². The number of rotatable bonds is 3. The van der Waals surface area contributed by atoms with Crippen LogP contribution in [0.1, 0.15) is 31.7 Å². The van der Waals surface area contributed by atoms with Crippen molar-refractivity contribution in [3.63, 3.8) is 0 Å². The second-order valence-corrected chi connectivity index (χ2v) is 5.41. The van der Waals surface area contributed by atoms with Crippen LogP contribution in [-0.2, 0) is 0 Å². The first-order valence-corrected chi connectivity index (χ1v) is 7.02. The first-order chi connectivity index (χ1) is 9.94. The highest BCUT2D eigenvalue weighted by Crippen LogP contribution is 2.33. The second kappa shape index (κ2) is 5.32. The van der Waals surface area contributed by atoms with Crippen LogP contribution < -0.4 is 5.32 Å². The van der Waals surface area contributed by atoms with Crippen molar-refractivity contribution in [2.45, 2.75) is 37.9 Å². The predicted molar refractivity (Wildman–Crippen MR) is 72.4 cm³/mol. The SMILES string of the molecule is FC(F)(F)CNc1nc(Cl)nc2c1ncn2C1CCCC1. The summed E-state index contributed by atoms with van der Waals surface area (Å²) in [5.41, 5.74) is 0.794. The molecule has 114 valence electrons. The number of halogens is 4. The van der Waals surface area contributed by atoms with Gasteiger partial charge in [0.1, 0.15) is 6.54 Å². The van der Waals surface area contributed by atoms with E-state index in [2.05, 4.69) is 20.3 Å². The maximum absolute atomic E-state index is 12.3. The van der Waals surface area contributed by atoms with Gasteiger partial charge in [-0.05, 0) is 24.4 Å². The number of hydrogen-bond acceptors (Lipinski definition) is 4. The van der Waals surface area contributed by atoms with E-state index in [0.29, 0.717) is 11.2 Å². The van der Waals surface area contributed by atoms with Gasteiger partial charge in [-0.1, -0.05) is 12.8 Å². The average Bonchev–Trinajstić information content (AvgIpc) is 3.02. The summed E-state index contributed by atoms with van der Waals surface area (Å²) < 4.78 is 38.9. The molecule has 21 heavy (non-hydrogen) atoms. The molecule has 1 saturated carbocycles. The zero-order valence-corrected chi connectivity index (χ0v) is 11.7. The van der Waals surface area contributed by atoms with Crippen molar-refractivity contribution in [1.82, 2.24) is 19.5 Å². The lowest BCUT2D eigenvalue weighted by molar-refractivity contribution is -0.115. The van der Waals surface area contributed by atoms with Crippen molar-refractivity contribution in [1.29, 1.82) is 0 Å². The van der Waals surface area contributed by atoms with Gasteiger partial charge in [-0.2, -0.15) is 23.1 Å². The number of fused-ring (bicyclic) bond motifs is 1. The summed E-state index contributed by atoms with van der Waals surface area (Å²) in [6, 6.07) is 0.274. The van der Waals surface area contributed by atoms with E-state index in [1.54, 1.807) is 6.33 Å². The van der Waals surface area contributed by atoms with E-state index in [1.165, 1.54) is 0 Å². The van der Waals surface area contributed by atoms with Crippen molar-refractivity contribution in [3.05, 3.63) is 11.6 Å². The van der Waals surface area contributed by atoms with E-state index in [4.69, 9.17) is 11.6 Å². The number of nitrogens with one attached hydrogen (secondary N) is 1. The van der Waals surface area contributed by atoms with Crippen LogP contribution in [0.4, 0.5) is 19.0 Å². The maximum atomic E-state index is 12.3. The number of aromatic nitrogens is 4. The Balaban J connectivity index is 1.97. The van der Waals surface area contributed by atoms with Gasteiger partial charge in [0, 0.05) is 6.04 Å². The third-order valence-electron chi connectivity index (χ3n) is 3.57. The van der Waals surface area contributed by atoms with E-state index in [9.17, 15) is 13.2 Å². The molecule has 0 saturated heterocycles. The van der Waals surface area contributed by atoms with E-state index >= 15 is 0 Å². The molecule has 1 aliphatic carbocycles. The molecule has 5 nitrogen and oxygen atoms in total. The Hall–Kier alpha value is -1.57. The fourth-order valence-electron chi connectivity index (χ4n) is 2.65. The molecule has 9 heteroatoms. The Morgan fingerprint density at radius 2 is 2.00 bits per heavy atom.